The summed E-state index contributed by atoms with van der Waals surface area (Å²) in [6, 6.07) is 18.5. The fourth-order valence-corrected chi connectivity index (χ4v) is 3.29. The molecular weight excluding hydrogens is 298 g/mol. The van der Waals surface area contributed by atoms with Gasteiger partial charge in [-0.05, 0) is 37.6 Å². The Labute approximate surface area is 144 Å². The average Bonchev–Trinajstić information content (AvgIpc) is 2.63. The van der Waals surface area contributed by atoms with Crippen molar-refractivity contribution >= 4 is 5.97 Å². The lowest BCUT2D eigenvalue weighted by Crippen LogP contribution is -2.43. The number of benzene rings is 2. The molecule has 1 aliphatic heterocycles. The quantitative estimate of drug-likeness (QED) is 0.852. The van der Waals surface area contributed by atoms with E-state index in [-0.39, 0.29) is 5.97 Å². The average molecular weight is 323 g/mol. The van der Waals surface area contributed by atoms with Crippen molar-refractivity contribution in [3.63, 3.8) is 0 Å². The third-order valence-corrected chi connectivity index (χ3v) is 4.76. The maximum atomic E-state index is 12.5. The molecule has 0 unspecified atom stereocenters. The lowest BCUT2D eigenvalue weighted by Gasteiger charge is -2.37. The molecule has 3 heteroatoms. The molecule has 3 nitrogen and oxygen atoms in total. The largest absolute Gasteiger partial charge is 0.454 e. The van der Waals surface area contributed by atoms with Gasteiger partial charge in [-0.15, -0.1) is 0 Å². The van der Waals surface area contributed by atoms with E-state index < -0.39 is 5.60 Å². The van der Waals surface area contributed by atoms with Crippen LogP contribution in [0.4, 0.5) is 0 Å². The van der Waals surface area contributed by atoms with E-state index in [4.69, 9.17) is 4.74 Å². The van der Waals surface area contributed by atoms with Crippen molar-refractivity contribution in [1.82, 2.24) is 5.32 Å². The summed E-state index contributed by atoms with van der Waals surface area (Å²) in [6.45, 7) is 3.82. The number of carbonyl (C=O) groups is 1. The SMILES string of the molecule is Cc1ccc(CCC(=O)OC2(c3ccccc3)CCNCC2)cc1. The normalized spacial score (nSPS) is 16.5. The third kappa shape index (κ3) is 4.04. The molecule has 0 saturated carbocycles. The van der Waals surface area contributed by atoms with E-state index in [1.807, 2.05) is 18.2 Å². The van der Waals surface area contributed by atoms with Crippen molar-refractivity contribution in [1.29, 1.82) is 0 Å². The summed E-state index contributed by atoms with van der Waals surface area (Å²) in [5, 5.41) is 3.35. The Morgan fingerprint density at radius 1 is 1.04 bits per heavy atom. The molecule has 0 radical (unpaired) electrons. The lowest BCUT2D eigenvalue weighted by molar-refractivity contribution is -0.164. The van der Waals surface area contributed by atoms with Gasteiger partial charge in [0.15, 0.2) is 0 Å². The molecule has 2 aromatic rings. The molecule has 1 fully saturated rings. The van der Waals surface area contributed by atoms with Gasteiger partial charge >= 0.3 is 5.97 Å². The Balaban J connectivity index is 1.66. The highest BCUT2D eigenvalue weighted by atomic mass is 16.6. The molecule has 1 N–H and O–H groups in total. The maximum Gasteiger partial charge on any atom is 0.307 e. The molecule has 3 rings (SSSR count). The van der Waals surface area contributed by atoms with Gasteiger partial charge in [-0.2, -0.15) is 0 Å². The van der Waals surface area contributed by atoms with Crippen molar-refractivity contribution in [3.05, 3.63) is 71.3 Å². The van der Waals surface area contributed by atoms with Crippen LogP contribution >= 0.6 is 0 Å². The maximum absolute atomic E-state index is 12.5. The summed E-state index contributed by atoms with van der Waals surface area (Å²) >= 11 is 0. The fraction of sp³-hybridized carbons (Fsp3) is 0.381. The monoisotopic (exact) mass is 323 g/mol. The molecule has 1 saturated heterocycles. The number of aryl methyl sites for hydroxylation is 2. The Bertz CT molecular complexity index is 658. The van der Waals surface area contributed by atoms with Crippen molar-refractivity contribution in [2.45, 2.75) is 38.2 Å². The number of hydrogen-bond acceptors (Lipinski definition) is 3. The van der Waals surface area contributed by atoms with Crippen LogP contribution in [0.25, 0.3) is 0 Å². The van der Waals surface area contributed by atoms with Crippen LogP contribution in [0.1, 0.15) is 36.0 Å². The number of nitrogens with one attached hydrogen (secondary N) is 1. The van der Waals surface area contributed by atoms with Crippen LogP contribution in [0.2, 0.25) is 0 Å². The molecule has 0 bridgehead atoms. The van der Waals surface area contributed by atoms with Gasteiger partial charge in [0.25, 0.3) is 0 Å². The number of ether oxygens (including phenoxy) is 1. The molecule has 0 aromatic heterocycles. The molecule has 1 aliphatic rings. The van der Waals surface area contributed by atoms with Crippen LogP contribution in [0.5, 0.6) is 0 Å². The first kappa shape index (κ1) is 16.7. The van der Waals surface area contributed by atoms with Gasteiger partial charge in [0.05, 0.1) is 0 Å². The van der Waals surface area contributed by atoms with Crippen molar-refractivity contribution in [2.24, 2.45) is 0 Å². The summed E-state index contributed by atoms with van der Waals surface area (Å²) in [5.74, 6) is -0.110. The summed E-state index contributed by atoms with van der Waals surface area (Å²) in [7, 11) is 0. The zero-order valence-corrected chi connectivity index (χ0v) is 14.3. The predicted octanol–water partition coefficient (Wildman–Crippen LogP) is 3.75. The minimum Gasteiger partial charge on any atom is -0.454 e. The second-order valence-electron chi connectivity index (χ2n) is 6.57. The van der Waals surface area contributed by atoms with Crippen LogP contribution in [0.3, 0.4) is 0 Å². The van der Waals surface area contributed by atoms with E-state index in [1.165, 1.54) is 11.1 Å². The Morgan fingerprint density at radius 2 is 1.71 bits per heavy atom. The zero-order chi connectivity index (χ0) is 16.8. The van der Waals surface area contributed by atoms with Gasteiger partial charge in [0, 0.05) is 19.3 Å². The van der Waals surface area contributed by atoms with Crippen molar-refractivity contribution < 1.29 is 9.53 Å². The van der Waals surface area contributed by atoms with E-state index in [9.17, 15) is 4.79 Å². The number of hydrogen-bond donors (Lipinski definition) is 1. The number of piperidine rings is 1. The Morgan fingerprint density at radius 3 is 2.38 bits per heavy atom. The van der Waals surface area contributed by atoms with Gasteiger partial charge < -0.3 is 10.1 Å². The highest BCUT2D eigenvalue weighted by Crippen LogP contribution is 2.35. The minimum atomic E-state index is -0.475. The number of rotatable bonds is 5. The molecular formula is C21H25NO2. The van der Waals surface area contributed by atoms with E-state index in [0.717, 1.165) is 37.9 Å². The molecule has 1 heterocycles. The van der Waals surface area contributed by atoms with Crippen LogP contribution in [-0.2, 0) is 21.6 Å². The van der Waals surface area contributed by atoms with Gasteiger partial charge in [0.2, 0.25) is 0 Å². The van der Waals surface area contributed by atoms with Crippen LogP contribution < -0.4 is 5.32 Å². The van der Waals surface area contributed by atoms with Crippen LogP contribution in [-0.4, -0.2) is 19.1 Å². The molecule has 2 aromatic carbocycles. The highest BCUT2D eigenvalue weighted by Gasteiger charge is 2.37. The number of carbonyl (C=O) groups excluding carboxylic acids is 1. The van der Waals surface area contributed by atoms with Crippen LogP contribution in [0, 0.1) is 6.92 Å². The van der Waals surface area contributed by atoms with Gasteiger partial charge in [0.1, 0.15) is 5.60 Å². The standard InChI is InChI=1S/C21H25NO2/c1-17-7-9-18(10-8-17)11-12-20(23)24-21(13-15-22-16-14-21)19-5-3-2-4-6-19/h2-10,22H,11-16H2,1H3. The topological polar surface area (TPSA) is 38.3 Å². The molecule has 24 heavy (non-hydrogen) atoms. The first-order valence-electron chi connectivity index (χ1n) is 8.72. The van der Waals surface area contributed by atoms with Crippen molar-refractivity contribution in [3.8, 4) is 0 Å². The van der Waals surface area contributed by atoms with Crippen molar-refractivity contribution in [2.75, 3.05) is 13.1 Å². The molecule has 0 spiro atoms. The summed E-state index contributed by atoms with van der Waals surface area (Å²) in [6.07, 6.45) is 2.80. The van der Waals surface area contributed by atoms with Crippen LogP contribution in [0.15, 0.2) is 54.6 Å². The Kier molecular flexibility index (Phi) is 5.31. The smallest absolute Gasteiger partial charge is 0.307 e. The second kappa shape index (κ2) is 7.63. The molecule has 126 valence electrons. The second-order valence-corrected chi connectivity index (χ2v) is 6.57. The molecule has 0 amide bonds. The van der Waals surface area contributed by atoms with E-state index in [1.54, 1.807) is 0 Å². The first-order valence-corrected chi connectivity index (χ1v) is 8.72. The third-order valence-electron chi connectivity index (χ3n) is 4.76. The van der Waals surface area contributed by atoms with Gasteiger partial charge in [-0.25, -0.2) is 0 Å². The van der Waals surface area contributed by atoms with E-state index in [2.05, 4.69) is 48.6 Å². The lowest BCUT2D eigenvalue weighted by atomic mass is 9.84. The Hall–Kier alpha value is -2.13. The first-order chi connectivity index (χ1) is 11.7. The summed E-state index contributed by atoms with van der Waals surface area (Å²) in [4.78, 5) is 12.5. The van der Waals surface area contributed by atoms with E-state index >= 15 is 0 Å². The fourth-order valence-electron chi connectivity index (χ4n) is 3.29. The molecule has 0 atom stereocenters. The zero-order valence-electron chi connectivity index (χ0n) is 14.3. The van der Waals surface area contributed by atoms with Gasteiger partial charge in [-0.3, -0.25) is 4.79 Å². The van der Waals surface area contributed by atoms with Gasteiger partial charge in [-0.1, -0.05) is 60.2 Å². The molecule has 0 aliphatic carbocycles. The number of esters is 1. The highest BCUT2D eigenvalue weighted by molar-refractivity contribution is 5.70. The summed E-state index contributed by atoms with van der Waals surface area (Å²) in [5.41, 5.74) is 3.04. The van der Waals surface area contributed by atoms with E-state index in [0.29, 0.717) is 6.42 Å². The minimum absolute atomic E-state index is 0.110. The predicted molar refractivity (Wildman–Crippen MR) is 95.8 cm³/mol. The summed E-state index contributed by atoms with van der Waals surface area (Å²) < 4.78 is 6.03.